The Morgan fingerprint density at radius 1 is 1.00 bits per heavy atom. The fourth-order valence-corrected chi connectivity index (χ4v) is 1.84. The molecule has 2 rings (SSSR count). The molecule has 0 saturated carbocycles. The van der Waals surface area contributed by atoms with Gasteiger partial charge in [-0.25, -0.2) is 4.79 Å². The molecule has 3 heteroatoms. The number of esters is 1. The van der Waals surface area contributed by atoms with Crippen molar-refractivity contribution in [2.45, 2.75) is 6.92 Å². The molecule has 2 aromatic rings. The lowest BCUT2D eigenvalue weighted by Gasteiger charge is -2.14. The zero-order valence-electron chi connectivity index (χ0n) is 11.6. The monoisotopic (exact) mass is 268 g/mol. The van der Waals surface area contributed by atoms with Crippen LogP contribution in [0, 0.1) is 0 Å². The normalized spacial score (nSPS) is 9.90. The maximum atomic E-state index is 11.7. The van der Waals surface area contributed by atoms with Gasteiger partial charge in [-0.15, -0.1) is 0 Å². The Balaban J connectivity index is 2.52. The molecule has 0 heterocycles. The van der Waals surface area contributed by atoms with E-state index in [2.05, 4.69) is 6.58 Å². The van der Waals surface area contributed by atoms with Gasteiger partial charge in [0.2, 0.25) is 0 Å². The van der Waals surface area contributed by atoms with Crippen LogP contribution < -0.4 is 9.47 Å². The first kappa shape index (κ1) is 13.9. The van der Waals surface area contributed by atoms with Gasteiger partial charge in [0.05, 0.1) is 12.7 Å². The van der Waals surface area contributed by atoms with Crippen molar-refractivity contribution < 1.29 is 14.3 Å². The molecule has 0 unspecified atom stereocenters. The Hall–Kier alpha value is -2.55. The average Bonchev–Trinajstić information content (AvgIpc) is 2.47. The van der Waals surface area contributed by atoms with Gasteiger partial charge in [-0.2, -0.15) is 0 Å². The summed E-state index contributed by atoms with van der Waals surface area (Å²) in [6.07, 6.45) is 0. The summed E-state index contributed by atoms with van der Waals surface area (Å²) in [6.45, 7) is 5.21. The van der Waals surface area contributed by atoms with Gasteiger partial charge in [0.1, 0.15) is 11.5 Å². The first-order valence-corrected chi connectivity index (χ1v) is 6.23. The zero-order chi connectivity index (χ0) is 14.5. The van der Waals surface area contributed by atoms with E-state index >= 15 is 0 Å². The lowest BCUT2D eigenvalue weighted by atomic mass is 10.0. The maximum Gasteiger partial charge on any atom is 0.338 e. The third kappa shape index (κ3) is 2.88. The number of rotatable bonds is 4. The molecule has 0 saturated heterocycles. The van der Waals surface area contributed by atoms with E-state index in [0.717, 1.165) is 11.1 Å². The molecule has 0 aliphatic heterocycles. The van der Waals surface area contributed by atoms with Crippen LogP contribution in [-0.2, 0) is 4.79 Å². The van der Waals surface area contributed by atoms with Crippen molar-refractivity contribution in [3.05, 3.63) is 60.7 Å². The van der Waals surface area contributed by atoms with Gasteiger partial charge in [-0.05, 0) is 24.6 Å². The topological polar surface area (TPSA) is 35.5 Å². The number of ether oxygens (including phenoxy) is 2. The summed E-state index contributed by atoms with van der Waals surface area (Å²) >= 11 is 0. The van der Waals surface area contributed by atoms with Crippen LogP contribution in [0.15, 0.2) is 60.7 Å². The third-order valence-corrected chi connectivity index (χ3v) is 2.82. The highest BCUT2D eigenvalue weighted by Gasteiger charge is 2.15. The Labute approximate surface area is 118 Å². The summed E-state index contributed by atoms with van der Waals surface area (Å²) in [5.41, 5.74) is 2.03. The summed E-state index contributed by atoms with van der Waals surface area (Å²) in [4.78, 5) is 11.7. The highest BCUT2D eigenvalue weighted by molar-refractivity contribution is 5.90. The summed E-state index contributed by atoms with van der Waals surface area (Å²) in [5, 5.41) is 0. The van der Waals surface area contributed by atoms with E-state index in [1.165, 1.54) is 0 Å². The van der Waals surface area contributed by atoms with Crippen LogP contribution in [0.5, 0.6) is 11.5 Å². The quantitative estimate of drug-likeness (QED) is 0.480. The average molecular weight is 268 g/mol. The Bertz CT molecular complexity index is 630. The molecule has 0 spiro atoms. The summed E-state index contributed by atoms with van der Waals surface area (Å²) in [5.74, 6) is 0.669. The van der Waals surface area contributed by atoms with Gasteiger partial charge in [0.15, 0.2) is 0 Å². The van der Waals surface area contributed by atoms with Crippen molar-refractivity contribution in [3.63, 3.8) is 0 Å². The van der Waals surface area contributed by atoms with Gasteiger partial charge >= 0.3 is 5.97 Å². The second-order valence-corrected chi connectivity index (χ2v) is 4.37. The molecule has 0 aliphatic rings. The van der Waals surface area contributed by atoms with Crippen molar-refractivity contribution in [2.24, 2.45) is 0 Å². The first-order chi connectivity index (χ1) is 9.63. The number of methoxy groups -OCH3 is 1. The molecule has 0 amide bonds. The molecular weight excluding hydrogens is 252 g/mol. The Kier molecular flexibility index (Phi) is 4.20. The first-order valence-electron chi connectivity index (χ1n) is 6.23. The van der Waals surface area contributed by atoms with Gasteiger partial charge in [-0.1, -0.05) is 43.0 Å². The molecule has 102 valence electrons. The Morgan fingerprint density at radius 3 is 2.25 bits per heavy atom. The molecule has 0 fully saturated rings. The van der Waals surface area contributed by atoms with Gasteiger partial charge in [0, 0.05) is 5.57 Å². The smallest absolute Gasteiger partial charge is 0.338 e. The van der Waals surface area contributed by atoms with Crippen LogP contribution in [0.4, 0.5) is 0 Å². The predicted molar refractivity (Wildman–Crippen MR) is 78.9 cm³/mol. The van der Waals surface area contributed by atoms with Crippen LogP contribution in [0.3, 0.4) is 0 Å². The highest BCUT2D eigenvalue weighted by Crippen LogP contribution is 2.38. The largest absolute Gasteiger partial charge is 0.496 e. The number of carbonyl (C=O) groups is 1. The fraction of sp³-hybridized carbons (Fsp3) is 0.118. The van der Waals surface area contributed by atoms with Crippen LogP contribution >= 0.6 is 0 Å². The minimum absolute atomic E-state index is 0.354. The van der Waals surface area contributed by atoms with Crippen LogP contribution in [0.2, 0.25) is 0 Å². The van der Waals surface area contributed by atoms with Crippen LogP contribution in [0.25, 0.3) is 11.1 Å². The van der Waals surface area contributed by atoms with Crippen molar-refractivity contribution in [3.8, 4) is 22.6 Å². The molecule has 0 radical (unpaired) electrons. The van der Waals surface area contributed by atoms with E-state index in [0.29, 0.717) is 17.1 Å². The molecular formula is C17H16O3. The van der Waals surface area contributed by atoms with Crippen molar-refractivity contribution in [1.82, 2.24) is 0 Å². The molecule has 2 aromatic carbocycles. The van der Waals surface area contributed by atoms with E-state index < -0.39 is 5.97 Å². The summed E-state index contributed by atoms with van der Waals surface area (Å²) < 4.78 is 10.8. The molecule has 0 aromatic heterocycles. The number of hydrogen-bond acceptors (Lipinski definition) is 3. The van der Waals surface area contributed by atoms with E-state index in [4.69, 9.17) is 9.47 Å². The van der Waals surface area contributed by atoms with Crippen molar-refractivity contribution >= 4 is 5.97 Å². The van der Waals surface area contributed by atoms with Gasteiger partial charge in [-0.3, -0.25) is 0 Å². The van der Waals surface area contributed by atoms with Gasteiger partial charge < -0.3 is 9.47 Å². The lowest BCUT2D eigenvalue weighted by Crippen LogP contribution is -2.09. The van der Waals surface area contributed by atoms with E-state index in [1.54, 1.807) is 26.2 Å². The van der Waals surface area contributed by atoms with Crippen LogP contribution in [-0.4, -0.2) is 13.1 Å². The number of carbonyl (C=O) groups excluding carboxylic acids is 1. The molecule has 20 heavy (non-hydrogen) atoms. The minimum Gasteiger partial charge on any atom is -0.496 e. The molecule has 0 N–H and O–H groups in total. The molecule has 0 bridgehead atoms. The van der Waals surface area contributed by atoms with E-state index in [9.17, 15) is 4.79 Å². The molecule has 0 atom stereocenters. The second kappa shape index (κ2) is 6.06. The van der Waals surface area contributed by atoms with Crippen molar-refractivity contribution in [2.75, 3.05) is 7.11 Å². The number of benzene rings is 2. The van der Waals surface area contributed by atoms with Crippen molar-refractivity contribution in [1.29, 1.82) is 0 Å². The standard InChI is InChI=1S/C17H16O3/c1-12(2)17(18)20-15-11-7-10-14(19-3)16(15)13-8-5-4-6-9-13/h4-11H,1H2,2-3H3. The molecule has 0 aliphatic carbocycles. The van der Waals surface area contributed by atoms with Crippen LogP contribution in [0.1, 0.15) is 6.92 Å². The van der Waals surface area contributed by atoms with Gasteiger partial charge in [0.25, 0.3) is 0 Å². The van der Waals surface area contributed by atoms with E-state index in [-0.39, 0.29) is 0 Å². The summed E-state index contributed by atoms with van der Waals surface area (Å²) in [7, 11) is 1.59. The SMILES string of the molecule is C=C(C)C(=O)Oc1cccc(OC)c1-c1ccccc1. The Morgan fingerprint density at radius 2 is 1.65 bits per heavy atom. The number of hydrogen-bond donors (Lipinski definition) is 0. The summed E-state index contributed by atoms with van der Waals surface area (Å²) in [6, 6.07) is 15.0. The third-order valence-electron chi connectivity index (χ3n) is 2.82. The fourth-order valence-electron chi connectivity index (χ4n) is 1.84. The second-order valence-electron chi connectivity index (χ2n) is 4.37. The van der Waals surface area contributed by atoms with E-state index in [1.807, 2.05) is 36.4 Å². The highest BCUT2D eigenvalue weighted by atomic mass is 16.5. The molecule has 3 nitrogen and oxygen atoms in total. The predicted octanol–water partition coefficient (Wildman–Crippen LogP) is 3.84. The zero-order valence-corrected chi connectivity index (χ0v) is 11.6. The lowest BCUT2D eigenvalue weighted by molar-refractivity contribution is -0.130. The maximum absolute atomic E-state index is 11.7. The minimum atomic E-state index is -0.449.